The van der Waals surface area contributed by atoms with Gasteiger partial charge >= 0.3 is 0 Å². The van der Waals surface area contributed by atoms with Crippen LogP contribution in [0.2, 0.25) is 0 Å². The summed E-state index contributed by atoms with van der Waals surface area (Å²) >= 11 is 0. The van der Waals surface area contributed by atoms with Gasteiger partial charge in [0.2, 0.25) is 5.91 Å². The third-order valence-electron chi connectivity index (χ3n) is 4.08. The number of amides is 1. The minimum atomic E-state index is 0.295. The van der Waals surface area contributed by atoms with Crippen LogP contribution in [0, 0.1) is 5.92 Å². The fraction of sp³-hybridized carbons (Fsp3) is 0.923. The Hall–Kier alpha value is -0.610. The van der Waals surface area contributed by atoms with Crippen LogP contribution in [-0.4, -0.2) is 61.5 Å². The zero-order chi connectivity index (χ0) is 12.3. The number of carbonyl (C=O) groups is 1. The van der Waals surface area contributed by atoms with E-state index in [0.717, 1.165) is 38.5 Å². The van der Waals surface area contributed by atoms with Gasteiger partial charge in [-0.3, -0.25) is 9.69 Å². The zero-order valence-corrected chi connectivity index (χ0v) is 11.1. The molecule has 2 rings (SSSR count). The number of rotatable bonds is 4. The van der Waals surface area contributed by atoms with Crippen LogP contribution in [0.25, 0.3) is 0 Å². The number of likely N-dealkylation sites (N-methyl/N-ethyl adjacent to an activating group) is 1. The lowest BCUT2D eigenvalue weighted by molar-refractivity contribution is -0.132. The molecule has 0 radical (unpaired) electrons. The minimum absolute atomic E-state index is 0.295. The van der Waals surface area contributed by atoms with Crippen molar-refractivity contribution in [2.24, 2.45) is 5.92 Å². The molecule has 1 aliphatic carbocycles. The summed E-state index contributed by atoms with van der Waals surface area (Å²) in [5.41, 5.74) is 0. The maximum absolute atomic E-state index is 12.2. The standard InChI is InChI=1S/C13H25N3O/c1-11(12-4-5-12)15(2)10-13(17)16-8-3-6-14-7-9-16/h11-12,14H,3-10H2,1-2H3. The molecule has 0 aromatic rings. The van der Waals surface area contributed by atoms with E-state index in [2.05, 4.69) is 24.2 Å². The first-order valence-corrected chi connectivity index (χ1v) is 6.87. The molecule has 1 aliphatic heterocycles. The third kappa shape index (κ3) is 3.68. The van der Waals surface area contributed by atoms with Crippen molar-refractivity contribution in [3.63, 3.8) is 0 Å². The monoisotopic (exact) mass is 239 g/mol. The largest absolute Gasteiger partial charge is 0.340 e. The molecule has 1 atom stereocenters. The van der Waals surface area contributed by atoms with Crippen LogP contribution >= 0.6 is 0 Å². The lowest BCUT2D eigenvalue weighted by Crippen LogP contribution is -2.43. The summed E-state index contributed by atoms with van der Waals surface area (Å²) in [4.78, 5) is 16.4. The Morgan fingerprint density at radius 2 is 2.18 bits per heavy atom. The van der Waals surface area contributed by atoms with Crippen LogP contribution in [0.1, 0.15) is 26.2 Å². The van der Waals surface area contributed by atoms with Crippen LogP contribution in [0.5, 0.6) is 0 Å². The second-order valence-corrected chi connectivity index (χ2v) is 5.48. The Morgan fingerprint density at radius 3 is 2.88 bits per heavy atom. The fourth-order valence-corrected chi connectivity index (χ4v) is 2.49. The summed E-state index contributed by atoms with van der Waals surface area (Å²) in [5.74, 6) is 1.13. The molecule has 4 nitrogen and oxygen atoms in total. The molecule has 1 unspecified atom stereocenters. The van der Waals surface area contributed by atoms with Gasteiger partial charge < -0.3 is 10.2 Å². The van der Waals surface area contributed by atoms with Crippen molar-refractivity contribution < 1.29 is 4.79 Å². The Morgan fingerprint density at radius 1 is 1.41 bits per heavy atom. The fourth-order valence-electron chi connectivity index (χ4n) is 2.49. The summed E-state index contributed by atoms with van der Waals surface area (Å²) in [6, 6.07) is 0.559. The van der Waals surface area contributed by atoms with E-state index >= 15 is 0 Å². The van der Waals surface area contributed by atoms with Gasteiger partial charge in [-0.15, -0.1) is 0 Å². The molecule has 0 aromatic carbocycles. The van der Waals surface area contributed by atoms with E-state index in [4.69, 9.17) is 0 Å². The van der Waals surface area contributed by atoms with E-state index in [0.29, 0.717) is 18.5 Å². The summed E-state index contributed by atoms with van der Waals surface area (Å²) in [7, 11) is 2.08. The Labute approximate surface area is 104 Å². The summed E-state index contributed by atoms with van der Waals surface area (Å²) in [6.07, 6.45) is 3.76. The maximum atomic E-state index is 12.2. The molecule has 17 heavy (non-hydrogen) atoms. The molecular weight excluding hydrogens is 214 g/mol. The molecule has 2 aliphatic rings. The van der Waals surface area contributed by atoms with Crippen molar-refractivity contribution in [1.29, 1.82) is 0 Å². The average molecular weight is 239 g/mol. The smallest absolute Gasteiger partial charge is 0.236 e. The van der Waals surface area contributed by atoms with Crippen molar-refractivity contribution >= 4 is 5.91 Å². The van der Waals surface area contributed by atoms with Crippen LogP contribution in [-0.2, 0) is 4.79 Å². The van der Waals surface area contributed by atoms with Crippen LogP contribution in [0.4, 0.5) is 0 Å². The van der Waals surface area contributed by atoms with Crippen molar-refractivity contribution in [1.82, 2.24) is 15.1 Å². The van der Waals surface area contributed by atoms with Gasteiger partial charge in [0.25, 0.3) is 0 Å². The lowest BCUT2D eigenvalue weighted by Gasteiger charge is -2.27. The molecule has 0 bridgehead atoms. The second-order valence-electron chi connectivity index (χ2n) is 5.48. The number of carbonyl (C=O) groups excluding carboxylic acids is 1. The first-order valence-electron chi connectivity index (χ1n) is 6.87. The van der Waals surface area contributed by atoms with Crippen molar-refractivity contribution in [3.8, 4) is 0 Å². The average Bonchev–Trinajstić information content (AvgIpc) is 3.14. The number of nitrogens with one attached hydrogen (secondary N) is 1. The predicted octanol–water partition coefficient (Wildman–Crippen LogP) is 0.539. The molecule has 1 saturated carbocycles. The van der Waals surface area contributed by atoms with Gasteiger partial charge in [-0.1, -0.05) is 0 Å². The summed E-state index contributed by atoms with van der Waals surface area (Å²) < 4.78 is 0. The second kappa shape index (κ2) is 5.83. The minimum Gasteiger partial charge on any atom is -0.340 e. The van der Waals surface area contributed by atoms with Crippen molar-refractivity contribution in [3.05, 3.63) is 0 Å². The van der Waals surface area contributed by atoms with Crippen LogP contribution in [0.3, 0.4) is 0 Å². The van der Waals surface area contributed by atoms with Gasteiger partial charge in [0, 0.05) is 25.7 Å². The summed E-state index contributed by atoms with van der Waals surface area (Å²) in [6.45, 7) is 6.58. The van der Waals surface area contributed by atoms with Gasteiger partial charge in [0.15, 0.2) is 0 Å². The number of nitrogens with zero attached hydrogens (tertiary/aromatic N) is 2. The molecule has 0 spiro atoms. The first-order chi connectivity index (χ1) is 8.18. The van der Waals surface area contributed by atoms with Gasteiger partial charge in [-0.05, 0) is 45.7 Å². The highest BCUT2D eigenvalue weighted by molar-refractivity contribution is 5.78. The van der Waals surface area contributed by atoms with E-state index < -0.39 is 0 Å². The number of hydrogen-bond acceptors (Lipinski definition) is 3. The highest BCUT2D eigenvalue weighted by atomic mass is 16.2. The topological polar surface area (TPSA) is 35.6 Å². The van der Waals surface area contributed by atoms with Gasteiger partial charge in [-0.25, -0.2) is 0 Å². The quantitative estimate of drug-likeness (QED) is 0.778. The van der Waals surface area contributed by atoms with Gasteiger partial charge in [0.1, 0.15) is 0 Å². The molecule has 4 heteroatoms. The maximum Gasteiger partial charge on any atom is 0.236 e. The molecular formula is C13H25N3O. The Bertz CT molecular complexity index is 257. The van der Waals surface area contributed by atoms with E-state index in [-0.39, 0.29) is 0 Å². The van der Waals surface area contributed by atoms with E-state index in [1.165, 1.54) is 12.8 Å². The van der Waals surface area contributed by atoms with Crippen LogP contribution in [0.15, 0.2) is 0 Å². The summed E-state index contributed by atoms with van der Waals surface area (Å²) in [5, 5.41) is 3.33. The Kier molecular flexibility index (Phi) is 4.40. The van der Waals surface area contributed by atoms with E-state index in [1.54, 1.807) is 0 Å². The lowest BCUT2D eigenvalue weighted by atomic mass is 10.2. The van der Waals surface area contributed by atoms with Gasteiger partial charge in [-0.2, -0.15) is 0 Å². The van der Waals surface area contributed by atoms with E-state index in [9.17, 15) is 4.79 Å². The normalized spacial score (nSPS) is 23.6. The van der Waals surface area contributed by atoms with Crippen molar-refractivity contribution in [2.45, 2.75) is 32.2 Å². The molecule has 1 amide bonds. The highest BCUT2D eigenvalue weighted by Gasteiger charge is 2.31. The molecule has 98 valence electrons. The molecule has 0 aromatic heterocycles. The Balaban J connectivity index is 1.78. The molecule has 1 saturated heterocycles. The van der Waals surface area contributed by atoms with Crippen LogP contribution < -0.4 is 5.32 Å². The molecule has 2 fully saturated rings. The number of hydrogen-bond donors (Lipinski definition) is 1. The molecule has 1 N–H and O–H groups in total. The first kappa shape index (κ1) is 12.8. The predicted molar refractivity (Wildman–Crippen MR) is 68.9 cm³/mol. The molecule has 1 heterocycles. The van der Waals surface area contributed by atoms with E-state index in [1.807, 2.05) is 4.90 Å². The third-order valence-corrected chi connectivity index (χ3v) is 4.08. The zero-order valence-electron chi connectivity index (χ0n) is 11.1. The SMILES string of the molecule is CC(C1CC1)N(C)CC(=O)N1CCCNCC1. The van der Waals surface area contributed by atoms with Crippen molar-refractivity contribution in [2.75, 3.05) is 39.8 Å². The van der Waals surface area contributed by atoms with Gasteiger partial charge in [0.05, 0.1) is 6.54 Å². The highest BCUT2D eigenvalue weighted by Crippen LogP contribution is 2.34.